The van der Waals surface area contributed by atoms with Crippen LogP contribution in [0.3, 0.4) is 0 Å². The van der Waals surface area contributed by atoms with Crippen LogP contribution in [0.4, 0.5) is 0 Å². The summed E-state index contributed by atoms with van der Waals surface area (Å²) in [4.78, 5) is 9.65. The Balaban J connectivity index is 0.00000484. The zero-order chi connectivity index (χ0) is 16.3. The van der Waals surface area contributed by atoms with Crippen LogP contribution in [-0.2, 0) is 9.09 Å². The number of phosphoric ester groups is 1. The molecule has 0 saturated carbocycles. The van der Waals surface area contributed by atoms with Crippen molar-refractivity contribution in [1.82, 2.24) is 0 Å². The smallest absolute Gasteiger partial charge is 0.404 e. The maximum absolute atomic E-state index is 11.8. The Labute approximate surface area is 151 Å². The molecule has 0 radical (unpaired) electrons. The molecule has 0 aliphatic carbocycles. The average Bonchev–Trinajstić information content (AvgIpc) is 2.48. The van der Waals surface area contributed by atoms with Gasteiger partial charge >= 0.3 is 7.82 Å². The Hall–Kier alpha value is -0.298. The summed E-state index contributed by atoms with van der Waals surface area (Å²) in [6, 6.07) is 6.98. The Morgan fingerprint density at radius 3 is 2.04 bits per heavy atom. The van der Waals surface area contributed by atoms with E-state index in [-0.39, 0.29) is 24.0 Å². The van der Waals surface area contributed by atoms with Crippen LogP contribution in [-0.4, -0.2) is 28.9 Å². The van der Waals surface area contributed by atoms with Crippen LogP contribution >= 0.6 is 7.82 Å². The number of unbranched alkanes of at least 4 members (excludes halogenated alkanes) is 7. The minimum absolute atomic E-state index is 0. The van der Waals surface area contributed by atoms with Gasteiger partial charge in [0.15, 0.2) is 17.4 Å². The molecule has 1 N–H and O–H groups in total. The minimum Gasteiger partial charge on any atom is -0.404 e. The molecular weight excluding hydrogens is 326 g/mol. The largest absolute Gasteiger partial charge is 0.527 e. The monoisotopic (exact) mass is 358 g/mol. The third kappa shape index (κ3) is 11.8. The Kier molecular flexibility index (Phi) is 12.9. The van der Waals surface area contributed by atoms with Gasteiger partial charge < -0.3 is 4.52 Å². The van der Waals surface area contributed by atoms with Crippen LogP contribution in [0.1, 0.15) is 63.9 Å². The highest BCUT2D eigenvalue weighted by Crippen LogP contribution is 2.43. The van der Waals surface area contributed by atoms with Gasteiger partial charge in [-0.05, 0) is 25.5 Å². The molecule has 0 aliphatic heterocycles. The van der Waals surface area contributed by atoms with Gasteiger partial charge in [0.2, 0.25) is 0 Å². The van der Waals surface area contributed by atoms with Gasteiger partial charge in [-0.1, -0.05) is 69.6 Å². The molecule has 0 saturated heterocycles. The van der Waals surface area contributed by atoms with E-state index in [4.69, 9.17) is 9.05 Å². The zero-order valence-corrected chi connectivity index (χ0v) is 14.7. The number of phosphoric acid groups is 1. The number of aryl methyl sites for hydroxylation is 1. The van der Waals surface area contributed by atoms with E-state index in [9.17, 15) is 9.46 Å². The lowest BCUT2D eigenvalue weighted by Gasteiger charge is -2.13. The maximum Gasteiger partial charge on any atom is 0.527 e. The van der Waals surface area contributed by atoms with E-state index < -0.39 is 7.82 Å². The van der Waals surface area contributed by atoms with Gasteiger partial charge in [-0.2, -0.15) is 0 Å². The molecule has 0 fully saturated rings. The predicted molar refractivity (Wildman–Crippen MR) is 100 cm³/mol. The molecule has 0 spiro atoms. The minimum atomic E-state index is -4.00. The van der Waals surface area contributed by atoms with Gasteiger partial charge in [0.05, 0.1) is 6.61 Å². The lowest BCUT2D eigenvalue weighted by Crippen LogP contribution is -1.99. The molecule has 1 aromatic carbocycles. The van der Waals surface area contributed by atoms with Crippen molar-refractivity contribution in [2.24, 2.45) is 0 Å². The van der Waals surface area contributed by atoms with Crippen molar-refractivity contribution >= 4 is 25.2 Å². The van der Waals surface area contributed by atoms with E-state index in [1.807, 2.05) is 19.1 Å². The molecule has 23 heavy (non-hydrogen) atoms. The van der Waals surface area contributed by atoms with Gasteiger partial charge in [-0.15, -0.1) is 0 Å². The third-order valence-electron chi connectivity index (χ3n) is 3.49. The van der Waals surface area contributed by atoms with Gasteiger partial charge in [0, 0.05) is 0 Å². The Morgan fingerprint density at radius 1 is 0.957 bits per heavy atom. The van der Waals surface area contributed by atoms with Gasteiger partial charge in [-0.3, -0.25) is 9.42 Å². The van der Waals surface area contributed by atoms with Crippen molar-refractivity contribution in [3.63, 3.8) is 0 Å². The molecule has 0 aliphatic rings. The van der Waals surface area contributed by atoms with Crippen LogP contribution in [0.2, 0.25) is 0 Å². The van der Waals surface area contributed by atoms with E-state index >= 15 is 0 Å². The highest BCUT2D eigenvalue weighted by molar-refractivity contribution is 7.47. The van der Waals surface area contributed by atoms with Crippen molar-refractivity contribution in [3.05, 3.63) is 29.8 Å². The summed E-state index contributed by atoms with van der Waals surface area (Å²) in [5.74, 6) is 0.354. The topological polar surface area (TPSA) is 55.8 Å². The van der Waals surface area contributed by atoms with Crippen LogP contribution in [0, 0.1) is 6.92 Å². The first-order valence-electron chi connectivity index (χ1n) is 8.27. The molecule has 132 valence electrons. The molecule has 1 atom stereocenters. The maximum atomic E-state index is 11.8. The summed E-state index contributed by atoms with van der Waals surface area (Å²) < 4.78 is 21.8. The lowest BCUT2D eigenvalue weighted by molar-refractivity contribution is 0.199. The molecule has 0 aromatic heterocycles. The normalized spacial score (nSPS) is 13.2. The highest BCUT2D eigenvalue weighted by Gasteiger charge is 2.22. The van der Waals surface area contributed by atoms with Crippen LogP contribution < -0.4 is 4.52 Å². The third-order valence-corrected chi connectivity index (χ3v) is 4.44. The van der Waals surface area contributed by atoms with Crippen molar-refractivity contribution in [3.8, 4) is 5.75 Å². The summed E-state index contributed by atoms with van der Waals surface area (Å²) in [5, 5.41) is 0. The number of rotatable bonds is 12. The number of benzene rings is 1. The van der Waals surface area contributed by atoms with Crippen molar-refractivity contribution in [1.29, 1.82) is 0 Å². The Bertz CT molecular complexity index is 450. The first-order chi connectivity index (χ1) is 10.5. The van der Waals surface area contributed by atoms with Crippen LogP contribution in [0.25, 0.3) is 0 Å². The molecule has 4 nitrogen and oxygen atoms in total. The summed E-state index contributed by atoms with van der Waals surface area (Å²) in [5.41, 5.74) is 1.07. The quantitative estimate of drug-likeness (QED) is 0.341. The predicted octanol–water partition coefficient (Wildman–Crippen LogP) is 4.45. The number of hydrogen-bond acceptors (Lipinski definition) is 3. The standard InChI is InChI=1S/C17H29O4P.Al.3H/c1-3-4-5-6-7-8-9-10-15-20-22(18,19)21-17-13-11-16(2)12-14-17;;;;/h11-14H,3-10,15H2,1-2H3,(H,18,19);;;;. The average molecular weight is 358 g/mol. The lowest BCUT2D eigenvalue weighted by atomic mass is 10.1. The van der Waals surface area contributed by atoms with Crippen LogP contribution in [0.15, 0.2) is 24.3 Å². The second-order valence-electron chi connectivity index (χ2n) is 5.68. The van der Waals surface area contributed by atoms with E-state index in [0.717, 1.165) is 24.8 Å². The van der Waals surface area contributed by atoms with E-state index in [0.29, 0.717) is 5.75 Å². The van der Waals surface area contributed by atoms with Crippen molar-refractivity contribution in [2.75, 3.05) is 6.61 Å². The fourth-order valence-electron chi connectivity index (χ4n) is 2.17. The van der Waals surface area contributed by atoms with E-state index in [1.165, 1.54) is 32.1 Å². The molecule has 1 unspecified atom stereocenters. The molecule has 6 heteroatoms. The Morgan fingerprint density at radius 2 is 1.48 bits per heavy atom. The first-order valence-corrected chi connectivity index (χ1v) is 9.76. The first kappa shape index (κ1) is 22.7. The van der Waals surface area contributed by atoms with Crippen molar-refractivity contribution in [2.45, 2.75) is 65.2 Å². The molecule has 0 heterocycles. The summed E-state index contributed by atoms with van der Waals surface area (Å²) in [7, 11) is -4.00. The summed E-state index contributed by atoms with van der Waals surface area (Å²) >= 11 is 0. The van der Waals surface area contributed by atoms with E-state index in [1.54, 1.807) is 12.1 Å². The number of hydrogen-bond donors (Lipinski definition) is 1. The molecular formula is C17H32AlO4P. The van der Waals surface area contributed by atoms with Gasteiger partial charge in [0.1, 0.15) is 5.75 Å². The highest BCUT2D eigenvalue weighted by atomic mass is 31.2. The molecule has 1 aromatic rings. The second-order valence-corrected chi connectivity index (χ2v) is 7.06. The SMILES string of the molecule is CCCCCCCCCCOP(=O)(O)Oc1ccc(C)cc1.[AlH3]. The van der Waals surface area contributed by atoms with Crippen molar-refractivity contribution < 1.29 is 18.5 Å². The molecule has 0 bridgehead atoms. The molecule has 0 amide bonds. The van der Waals surface area contributed by atoms with Crippen LogP contribution in [0.5, 0.6) is 5.75 Å². The fraction of sp³-hybridized carbons (Fsp3) is 0.647. The summed E-state index contributed by atoms with van der Waals surface area (Å²) in [6.07, 6.45) is 9.37. The van der Waals surface area contributed by atoms with Gasteiger partial charge in [-0.25, -0.2) is 4.57 Å². The molecule has 1 rings (SSSR count). The fourth-order valence-corrected chi connectivity index (χ4v) is 2.98. The van der Waals surface area contributed by atoms with E-state index in [2.05, 4.69) is 6.92 Å². The summed E-state index contributed by atoms with van der Waals surface area (Å²) in [6.45, 7) is 4.42. The van der Waals surface area contributed by atoms with Gasteiger partial charge in [0.25, 0.3) is 0 Å². The second kappa shape index (κ2) is 13.0. The zero-order valence-electron chi connectivity index (χ0n) is 13.8.